The first-order valence-corrected chi connectivity index (χ1v) is 6.67. The Morgan fingerprint density at radius 3 is 2.56 bits per heavy atom. The number of aromatic nitrogens is 4. The highest BCUT2D eigenvalue weighted by Crippen LogP contribution is 2.32. The van der Waals surface area contributed by atoms with Crippen LogP contribution in [0.3, 0.4) is 0 Å². The van der Waals surface area contributed by atoms with Gasteiger partial charge in [0.15, 0.2) is 5.82 Å². The minimum atomic E-state index is 0.115. The van der Waals surface area contributed by atoms with Crippen molar-refractivity contribution >= 4 is 15.9 Å². The van der Waals surface area contributed by atoms with E-state index in [0.717, 1.165) is 29.8 Å². The van der Waals surface area contributed by atoms with Gasteiger partial charge in [0.2, 0.25) is 0 Å². The molecule has 1 aliphatic rings. The van der Waals surface area contributed by atoms with E-state index >= 15 is 0 Å². The molecule has 0 aliphatic carbocycles. The van der Waals surface area contributed by atoms with Crippen LogP contribution in [0.5, 0.6) is 0 Å². The van der Waals surface area contributed by atoms with Gasteiger partial charge in [0, 0.05) is 29.4 Å². The molecule has 3 rings (SSSR count). The standard InChI is InChI=1S/C12H14BrN5/c1-18-16-11(15-17-18)6-12(7-14-8-12)9-2-4-10(13)5-3-9/h2-5,14H,6-8H2,1H3. The average Bonchev–Trinajstić information content (AvgIpc) is 2.71. The van der Waals surface area contributed by atoms with E-state index in [1.165, 1.54) is 10.4 Å². The van der Waals surface area contributed by atoms with Crippen molar-refractivity contribution in [3.05, 3.63) is 40.1 Å². The lowest BCUT2D eigenvalue weighted by Crippen LogP contribution is -2.58. The first-order valence-electron chi connectivity index (χ1n) is 5.88. The normalized spacial score (nSPS) is 17.4. The summed E-state index contributed by atoms with van der Waals surface area (Å²) in [6.07, 6.45) is 0.829. The highest BCUT2D eigenvalue weighted by atomic mass is 79.9. The quantitative estimate of drug-likeness (QED) is 0.921. The molecular formula is C12H14BrN5. The van der Waals surface area contributed by atoms with Crippen molar-refractivity contribution in [2.75, 3.05) is 13.1 Å². The molecule has 1 aliphatic heterocycles. The summed E-state index contributed by atoms with van der Waals surface area (Å²) >= 11 is 3.47. The first kappa shape index (κ1) is 11.8. The van der Waals surface area contributed by atoms with Gasteiger partial charge in [0.05, 0.1) is 7.05 Å². The van der Waals surface area contributed by atoms with E-state index in [9.17, 15) is 0 Å². The van der Waals surface area contributed by atoms with Gasteiger partial charge in [-0.2, -0.15) is 4.80 Å². The number of halogens is 1. The molecule has 0 radical (unpaired) electrons. The fourth-order valence-electron chi connectivity index (χ4n) is 2.36. The molecule has 1 N–H and O–H groups in total. The number of rotatable bonds is 3. The van der Waals surface area contributed by atoms with Gasteiger partial charge >= 0.3 is 0 Å². The molecule has 0 amide bonds. The predicted octanol–water partition coefficient (Wildman–Crippen LogP) is 1.06. The lowest BCUT2D eigenvalue weighted by molar-refractivity contribution is 0.270. The van der Waals surface area contributed by atoms with E-state index in [4.69, 9.17) is 0 Å². The van der Waals surface area contributed by atoms with Crippen molar-refractivity contribution in [2.45, 2.75) is 11.8 Å². The van der Waals surface area contributed by atoms with E-state index in [0.29, 0.717) is 0 Å². The summed E-state index contributed by atoms with van der Waals surface area (Å²) in [7, 11) is 1.79. The van der Waals surface area contributed by atoms with Gasteiger partial charge in [-0.1, -0.05) is 28.1 Å². The number of nitrogens with zero attached hydrogens (tertiary/aromatic N) is 4. The summed E-state index contributed by atoms with van der Waals surface area (Å²) in [4.78, 5) is 1.51. The SMILES string of the molecule is Cn1nnc(CC2(c3ccc(Br)cc3)CNC2)n1. The molecule has 0 saturated carbocycles. The topological polar surface area (TPSA) is 55.6 Å². The Balaban J connectivity index is 1.88. The van der Waals surface area contributed by atoms with E-state index in [-0.39, 0.29) is 5.41 Å². The molecule has 0 atom stereocenters. The van der Waals surface area contributed by atoms with Crippen molar-refractivity contribution in [3.63, 3.8) is 0 Å². The molecule has 2 heterocycles. The molecule has 1 aromatic carbocycles. The second-order valence-electron chi connectivity index (χ2n) is 4.76. The largest absolute Gasteiger partial charge is 0.315 e. The number of aryl methyl sites for hydroxylation is 1. The summed E-state index contributed by atoms with van der Waals surface area (Å²) in [6.45, 7) is 1.93. The van der Waals surface area contributed by atoms with Crippen LogP contribution < -0.4 is 5.32 Å². The lowest BCUT2D eigenvalue weighted by atomic mass is 9.72. The Morgan fingerprint density at radius 1 is 1.33 bits per heavy atom. The fraction of sp³-hybridized carbons (Fsp3) is 0.417. The molecule has 1 fully saturated rings. The molecule has 6 heteroatoms. The number of tetrazole rings is 1. The minimum absolute atomic E-state index is 0.115. The maximum absolute atomic E-state index is 4.28. The zero-order valence-electron chi connectivity index (χ0n) is 10.1. The maximum Gasteiger partial charge on any atom is 0.175 e. The maximum atomic E-state index is 4.28. The molecular weight excluding hydrogens is 294 g/mol. The van der Waals surface area contributed by atoms with Crippen molar-refractivity contribution in [1.82, 2.24) is 25.5 Å². The highest BCUT2D eigenvalue weighted by molar-refractivity contribution is 9.10. The lowest BCUT2D eigenvalue weighted by Gasteiger charge is -2.42. The zero-order chi connectivity index (χ0) is 12.6. The van der Waals surface area contributed by atoms with Crippen LogP contribution in [0.2, 0.25) is 0 Å². The van der Waals surface area contributed by atoms with Crippen molar-refractivity contribution in [2.24, 2.45) is 7.05 Å². The Labute approximate surface area is 114 Å². The van der Waals surface area contributed by atoms with Crippen molar-refractivity contribution in [1.29, 1.82) is 0 Å². The Morgan fingerprint density at radius 2 is 2.06 bits per heavy atom. The summed E-state index contributed by atoms with van der Waals surface area (Å²) in [5, 5.41) is 15.6. The average molecular weight is 308 g/mol. The van der Waals surface area contributed by atoms with Crippen LogP contribution in [0.25, 0.3) is 0 Å². The van der Waals surface area contributed by atoms with E-state index in [1.807, 2.05) is 0 Å². The van der Waals surface area contributed by atoms with E-state index < -0.39 is 0 Å². The highest BCUT2D eigenvalue weighted by Gasteiger charge is 2.39. The smallest absolute Gasteiger partial charge is 0.175 e. The van der Waals surface area contributed by atoms with Gasteiger partial charge in [-0.15, -0.1) is 10.2 Å². The monoisotopic (exact) mass is 307 g/mol. The van der Waals surface area contributed by atoms with Crippen LogP contribution in [-0.4, -0.2) is 33.3 Å². The third-order valence-electron chi connectivity index (χ3n) is 3.43. The van der Waals surface area contributed by atoms with Crippen LogP contribution >= 0.6 is 15.9 Å². The van der Waals surface area contributed by atoms with Gasteiger partial charge in [-0.05, 0) is 22.9 Å². The van der Waals surface area contributed by atoms with Gasteiger partial charge in [0.25, 0.3) is 0 Å². The van der Waals surface area contributed by atoms with Gasteiger partial charge in [-0.25, -0.2) is 0 Å². The van der Waals surface area contributed by atoms with Crippen LogP contribution in [0.1, 0.15) is 11.4 Å². The van der Waals surface area contributed by atoms with Gasteiger partial charge in [-0.3, -0.25) is 0 Å². The number of benzene rings is 1. The van der Waals surface area contributed by atoms with Crippen LogP contribution in [0.4, 0.5) is 0 Å². The first-order chi connectivity index (χ1) is 8.68. The molecule has 2 aromatic rings. The molecule has 5 nitrogen and oxygen atoms in total. The van der Waals surface area contributed by atoms with Gasteiger partial charge in [0.1, 0.15) is 0 Å². The second kappa shape index (κ2) is 4.44. The minimum Gasteiger partial charge on any atom is -0.315 e. The number of hydrogen-bond acceptors (Lipinski definition) is 4. The summed E-state index contributed by atoms with van der Waals surface area (Å²) in [5.74, 6) is 0.807. The number of hydrogen-bond donors (Lipinski definition) is 1. The third-order valence-corrected chi connectivity index (χ3v) is 3.96. The van der Waals surface area contributed by atoms with E-state index in [1.54, 1.807) is 7.05 Å². The Bertz CT molecular complexity index is 544. The van der Waals surface area contributed by atoms with Crippen LogP contribution in [0.15, 0.2) is 28.7 Å². The Kier molecular flexibility index (Phi) is 2.91. The predicted molar refractivity (Wildman–Crippen MR) is 71.2 cm³/mol. The summed E-state index contributed by atoms with van der Waals surface area (Å²) in [5.41, 5.74) is 1.45. The summed E-state index contributed by atoms with van der Waals surface area (Å²) < 4.78 is 1.10. The van der Waals surface area contributed by atoms with Crippen LogP contribution in [0, 0.1) is 0 Å². The molecule has 1 saturated heterocycles. The van der Waals surface area contributed by atoms with Crippen molar-refractivity contribution in [3.8, 4) is 0 Å². The molecule has 0 unspecified atom stereocenters. The second-order valence-corrected chi connectivity index (χ2v) is 5.68. The van der Waals surface area contributed by atoms with Gasteiger partial charge < -0.3 is 5.32 Å². The van der Waals surface area contributed by atoms with Crippen LogP contribution in [-0.2, 0) is 18.9 Å². The fourth-order valence-corrected chi connectivity index (χ4v) is 2.62. The summed E-state index contributed by atoms with van der Waals surface area (Å²) in [6, 6.07) is 8.50. The number of nitrogens with one attached hydrogen (secondary N) is 1. The third kappa shape index (κ3) is 2.06. The molecule has 0 spiro atoms. The molecule has 1 aromatic heterocycles. The Hall–Kier alpha value is -1.27. The molecule has 18 heavy (non-hydrogen) atoms. The zero-order valence-corrected chi connectivity index (χ0v) is 11.7. The molecule has 0 bridgehead atoms. The molecule has 94 valence electrons. The van der Waals surface area contributed by atoms with Crippen molar-refractivity contribution < 1.29 is 0 Å². The van der Waals surface area contributed by atoms with E-state index in [2.05, 4.69) is 60.9 Å².